The van der Waals surface area contributed by atoms with Crippen LogP contribution in [0.1, 0.15) is 32.3 Å². The molecule has 1 N–H and O–H groups in total. The third-order valence-electron chi connectivity index (χ3n) is 3.79. The van der Waals surface area contributed by atoms with Crippen molar-refractivity contribution in [2.45, 2.75) is 45.3 Å². The van der Waals surface area contributed by atoms with Crippen molar-refractivity contribution in [1.29, 1.82) is 0 Å². The Hall–Kier alpha value is -0.770. The molecule has 1 atom stereocenters. The molecule has 1 aromatic rings. The molecule has 1 saturated carbocycles. The molecule has 2 rings (SSSR count). The third kappa shape index (κ3) is 4.11. The Morgan fingerprint density at radius 2 is 2.20 bits per heavy atom. The summed E-state index contributed by atoms with van der Waals surface area (Å²) in [7, 11) is 1.75. The monoisotopic (exact) mass is 296 g/mol. The van der Waals surface area contributed by atoms with Gasteiger partial charge in [-0.2, -0.15) is 0 Å². The number of nitrogens with zero attached hydrogens (tertiary/aromatic N) is 1. The van der Waals surface area contributed by atoms with Gasteiger partial charge in [0, 0.05) is 43.0 Å². The molecule has 0 spiro atoms. The van der Waals surface area contributed by atoms with Crippen molar-refractivity contribution in [3.05, 3.63) is 28.8 Å². The zero-order valence-electron chi connectivity index (χ0n) is 12.7. The lowest BCUT2D eigenvalue weighted by molar-refractivity contribution is 0.182. The van der Waals surface area contributed by atoms with Crippen LogP contribution in [0.5, 0.6) is 0 Å². The molecule has 1 aromatic carbocycles. The summed E-state index contributed by atoms with van der Waals surface area (Å²) < 4.78 is 5.30. The Morgan fingerprint density at radius 3 is 2.80 bits per heavy atom. The number of methoxy groups -OCH3 is 1. The molecule has 0 amide bonds. The van der Waals surface area contributed by atoms with Crippen LogP contribution in [0.25, 0.3) is 0 Å². The van der Waals surface area contributed by atoms with Crippen molar-refractivity contribution in [1.82, 2.24) is 5.32 Å². The number of ether oxygens (including phenoxy) is 1. The molecule has 3 nitrogen and oxygen atoms in total. The average Bonchev–Trinajstić information content (AvgIpc) is 3.23. The third-order valence-corrected chi connectivity index (χ3v) is 4.03. The van der Waals surface area contributed by atoms with E-state index in [1.54, 1.807) is 7.11 Å². The maximum Gasteiger partial charge on any atom is 0.0663 e. The van der Waals surface area contributed by atoms with Gasteiger partial charge in [0.15, 0.2) is 0 Å². The Labute approximate surface area is 127 Å². The van der Waals surface area contributed by atoms with Gasteiger partial charge in [-0.25, -0.2) is 0 Å². The largest absolute Gasteiger partial charge is 0.383 e. The van der Waals surface area contributed by atoms with Crippen LogP contribution in [0.2, 0.25) is 5.02 Å². The lowest BCUT2D eigenvalue weighted by Crippen LogP contribution is -2.37. The van der Waals surface area contributed by atoms with Crippen molar-refractivity contribution in [3.8, 4) is 0 Å². The molecule has 0 saturated heterocycles. The Balaban J connectivity index is 2.17. The first-order valence-corrected chi connectivity index (χ1v) is 7.80. The number of hydrogen-bond donors (Lipinski definition) is 1. The highest BCUT2D eigenvalue weighted by Gasteiger charge is 2.22. The van der Waals surface area contributed by atoms with E-state index in [9.17, 15) is 0 Å². The second-order valence-corrected chi connectivity index (χ2v) is 5.96. The number of benzene rings is 1. The molecule has 0 aromatic heterocycles. The normalized spacial score (nSPS) is 16.2. The second-order valence-electron chi connectivity index (χ2n) is 5.52. The number of hydrogen-bond acceptors (Lipinski definition) is 3. The van der Waals surface area contributed by atoms with Crippen LogP contribution in [0.4, 0.5) is 5.69 Å². The van der Waals surface area contributed by atoms with Crippen LogP contribution >= 0.6 is 11.6 Å². The molecule has 0 aliphatic heterocycles. The summed E-state index contributed by atoms with van der Waals surface area (Å²) in [5.74, 6) is 0. The van der Waals surface area contributed by atoms with E-state index in [-0.39, 0.29) is 0 Å². The minimum Gasteiger partial charge on any atom is -0.383 e. The standard InChI is InChI=1S/C16H25ClN2O/c1-4-19(12(2)11-20-3)16-8-5-14(17)9-13(16)10-18-15-6-7-15/h5,8-9,12,15,18H,4,6-7,10-11H2,1-3H3. The minimum absolute atomic E-state index is 0.353. The molecular weight excluding hydrogens is 272 g/mol. The first-order chi connectivity index (χ1) is 9.65. The number of likely N-dealkylation sites (N-methyl/N-ethyl adjacent to an activating group) is 1. The summed E-state index contributed by atoms with van der Waals surface area (Å²) in [6, 6.07) is 7.23. The molecule has 20 heavy (non-hydrogen) atoms. The summed E-state index contributed by atoms with van der Waals surface area (Å²) >= 11 is 6.17. The van der Waals surface area contributed by atoms with E-state index in [1.807, 2.05) is 6.07 Å². The van der Waals surface area contributed by atoms with E-state index >= 15 is 0 Å². The van der Waals surface area contributed by atoms with Crippen LogP contribution in [0, 0.1) is 0 Å². The Kier molecular flexibility index (Phi) is 5.70. The maximum absolute atomic E-state index is 6.17. The van der Waals surface area contributed by atoms with E-state index in [4.69, 9.17) is 16.3 Å². The van der Waals surface area contributed by atoms with Crippen molar-refractivity contribution < 1.29 is 4.74 Å². The first kappa shape index (κ1) is 15.6. The number of nitrogens with one attached hydrogen (secondary N) is 1. The van der Waals surface area contributed by atoms with Crippen molar-refractivity contribution in [2.24, 2.45) is 0 Å². The molecule has 1 aliphatic rings. The molecule has 0 heterocycles. The van der Waals surface area contributed by atoms with Gasteiger partial charge in [-0.3, -0.25) is 0 Å². The molecule has 0 radical (unpaired) electrons. The van der Waals surface area contributed by atoms with Gasteiger partial charge in [-0.05, 0) is 50.5 Å². The summed E-state index contributed by atoms with van der Waals surface area (Å²) in [6.45, 7) is 6.95. The van der Waals surface area contributed by atoms with E-state index < -0.39 is 0 Å². The fourth-order valence-corrected chi connectivity index (χ4v) is 2.76. The molecule has 112 valence electrons. The van der Waals surface area contributed by atoms with Gasteiger partial charge in [-0.1, -0.05) is 11.6 Å². The maximum atomic E-state index is 6.17. The van der Waals surface area contributed by atoms with E-state index in [0.29, 0.717) is 12.1 Å². The van der Waals surface area contributed by atoms with Crippen LogP contribution in [0.3, 0.4) is 0 Å². The highest BCUT2D eigenvalue weighted by molar-refractivity contribution is 6.30. The molecule has 4 heteroatoms. The van der Waals surface area contributed by atoms with Crippen molar-refractivity contribution in [2.75, 3.05) is 25.2 Å². The van der Waals surface area contributed by atoms with Crippen LogP contribution < -0.4 is 10.2 Å². The fraction of sp³-hybridized carbons (Fsp3) is 0.625. The summed E-state index contributed by atoms with van der Waals surface area (Å²) in [4.78, 5) is 2.38. The fourth-order valence-electron chi connectivity index (χ4n) is 2.57. The molecule has 1 aliphatic carbocycles. The van der Waals surface area contributed by atoms with Gasteiger partial charge in [0.05, 0.1) is 6.61 Å². The van der Waals surface area contributed by atoms with E-state index in [1.165, 1.54) is 24.1 Å². The van der Waals surface area contributed by atoms with Crippen molar-refractivity contribution in [3.63, 3.8) is 0 Å². The van der Waals surface area contributed by atoms with Gasteiger partial charge in [-0.15, -0.1) is 0 Å². The Morgan fingerprint density at radius 1 is 1.45 bits per heavy atom. The van der Waals surface area contributed by atoms with Gasteiger partial charge < -0.3 is 15.0 Å². The zero-order valence-corrected chi connectivity index (χ0v) is 13.4. The zero-order chi connectivity index (χ0) is 14.5. The smallest absolute Gasteiger partial charge is 0.0663 e. The van der Waals surface area contributed by atoms with Gasteiger partial charge in [0.1, 0.15) is 0 Å². The molecule has 1 fully saturated rings. The number of halogens is 1. The minimum atomic E-state index is 0.353. The van der Waals surface area contributed by atoms with Gasteiger partial charge in [0.25, 0.3) is 0 Å². The summed E-state index contributed by atoms with van der Waals surface area (Å²) in [5.41, 5.74) is 2.53. The molecule has 1 unspecified atom stereocenters. The summed E-state index contributed by atoms with van der Waals surface area (Å²) in [5, 5.41) is 4.38. The molecule has 0 bridgehead atoms. The van der Waals surface area contributed by atoms with Crippen LogP contribution in [-0.4, -0.2) is 32.3 Å². The lowest BCUT2D eigenvalue weighted by Gasteiger charge is -2.31. The number of anilines is 1. The SMILES string of the molecule is CCN(c1ccc(Cl)cc1CNC1CC1)C(C)COC. The van der Waals surface area contributed by atoms with Gasteiger partial charge in [0.2, 0.25) is 0 Å². The van der Waals surface area contributed by atoms with E-state index in [2.05, 4.69) is 36.2 Å². The Bertz CT molecular complexity index is 434. The predicted molar refractivity (Wildman–Crippen MR) is 85.7 cm³/mol. The molecular formula is C16H25ClN2O. The van der Waals surface area contributed by atoms with Crippen molar-refractivity contribution >= 4 is 17.3 Å². The summed E-state index contributed by atoms with van der Waals surface area (Å²) in [6.07, 6.45) is 2.60. The van der Waals surface area contributed by atoms with E-state index in [0.717, 1.165) is 24.7 Å². The van der Waals surface area contributed by atoms with Gasteiger partial charge >= 0.3 is 0 Å². The first-order valence-electron chi connectivity index (χ1n) is 7.43. The quantitative estimate of drug-likeness (QED) is 0.795. The van der Waals surface area contributed by atoms with Crippen LogP contribution in [0.15, 0.2) is 18.2 Å². The lowest BCUT2D eigenvalue weighted by atomic mass is 10.1. The van der Waals surface area contributed by atoms with Crippen LogP contribution in [-0.2, 0) is 11.3 Å². The number of rotatable bonds is 8. The average molecular weight is 297 g/mol. The predicted octanol–water partition coefficient (Wildman–Crippen LogP) is 3.45. The second kappa shape index (κ2) is 7.30. The highest BCUT2D eigenvalue weighted by Crippen LogP contribution is 2.27. The highest BCUT2D eigenvalue weighted by atomic mass is 35.5. The topological polar surface area (TPSA) is 24.5 Å².